The number of benzene rings is 1. The first-order chi connectivity index (χ1) is 18.1. The van der Waals surface area contributed by atoms with Crippen molar-refractivity contribution in [2.24, 2.45) is 22.7 Å². The number of thiazole rings is 1. The number of ketones is 1. The molecule has 2 heterocycles. The van der Waals surface area contributed by atoms with Crippen LogP contribution in [0.1, 0.15) is 77.2 Å². The van der Waals surface area contributed by atoms with E-state index in [-0.39, 0.29) is 34.4 Å². The van der Waals surface area contributed by atoms with Gasteiger partial charge in [-0.15, -0.1) is 11.3 Å². The highest BCUT2D eigenvalue weighted by molar-refractivity contribution is 7.13. The Morgan fingerprint density at radius 2 is 1.92 bits per heavy atom. The van der Waals surface area contributed by atoms with Gasteiger partial charge in [-0.05, 0) is 73.0 Å². The van der Waals surface area contributed by atoms with Gasteiger partial charge in [-0.25, -0.2) is 14.8 Å². The topological polar surface area (TPSA) is 68.7 Å². The second-order valence-electron chi connectivity index (χ2n) is 13.5. The van der Waals surface area contributed by atoms with Crippen molar-refractivity contribution in [1.82, 2.24) is 4.98 Å². The summed E-state index contributed by atoms with van der Waals surface area (Å²) < 4.78 is 0. The zero-order valence-electron chi connectivity index (χ0n) is 22.5. The maximum Gasteiger partial charge on any atom is 0.161 e. The van der Waals surface area contributed by atoms with Crippen molar-refractivity contribution in [2.75, 3.05) is 6.61 Å². The van der Waals surface area contributed by atoms with E-state index in [1.165, 1.54) is 16.7 Å². The molecule has 5 aliphatic rings. The van der Waals surface area contributed by atoms with E-state index in [2.05, 4.69) is 56.1 Å². The molecule has 200 valence electrons. The van der Waals surface area contributed by atoms with E-state index in [9.17, 15) is 9.90 Å². The summed E-state index contributed by atoms with van der Waals surface area (Å²) in [5.74, 6) is 0.863. The second kappa shape index (κ2) is 8.44. The highest BCUT2D eigenvalue weighted by Crippen LogP contribution is 2.63. The third-order valence-corrected chi connectivity index (χ3v) is 11.1. The van der Waals surface area contributed by atoms with Crippen LogP contribution in [-0.2, 0) is 14.6 Å². The molecule has 0 radical (unpaired) electrons. The minimum atomic E-state index is -0.889. The summed E-state index contributed by atoms with van der Waals surface area (Å²) in [6, 6.07) is 8.78. The molecule has 6 atom stereocenters. The van der Waals surface area contributed by atoms with Gasteiger partial charge in [-0.3, -0.25) is 4.79 Å². The van der Waals surface area contributed by atoms with Crippen LogP contribution >= 0.6 is 11.3 Å². The summed E-state index contributed by atoms with van der Waals surface area (Å²) in [5.41, 5.74) is 3.28. The average molecular weight is 532 g/mol. The summed E-state index contributed by atoms with van der Waals surface area (Å²) >= 11 is 1.64. The Kier molecular flexibility index (Phi) is 5.53. The Morgan fingerprint density at radius 3 is 2.66 bits per heavy atom. The molecule has 6 heteroatoms. The van der Waals surface area contributed by atoms with Crippen LogP contribution < -0.4 is 0 Å². The molecule has 4 aliphatic carbocycles. The smallest absolute Gasteiger partial charge is 0.161 e. The lowest BCUT2D eigenvalue weighted by Gasteiger charge is -2.56. The van der Waals surface area contributed by atoms with Crippen molar-refractivity contribution in [3.05, 3.63) is 64.7 Å². The average Bonchev–Trinajstić information content (AvgIpc) is 3.51. The fraction of sp³-hybridized carbons (Fsp3) is 0.562. The van der Waals surface area contributed by atoms with Crippen LogP contribution in [0.2, 0.25) is 0 Å². The normalized spacial score (nSPS) is 39.7. The van der Waals surface area contributed by atoms with Crippen LogP contribution in [-0.4, -0.2) is 33.7 Å². The molecule has 2 aromatic rings. The van der Waals surface area contributed by atoms with E-state index in [4.69, 9.17) is 9.78 Å². The predicted molar refractivity (Wildman–Crippen MR) is 147 cm³/mol. The lowest BCUT2D eigenvalue weighted by molar-refractivity contribution is -0.414. The van der Waals surface area contributed by atoms with E-state index in [0.717, 1.165) is 42.7 Å². The number of rotatable bonds is 2. The molecule has 1 unspecified atom stereocenters. The first-order valence-corrected chi connectivity index (χ1v) is 15.0. The van der Waals surface area contributed by atoms with E-state index in [1.807, 2.05) is 17.7 Å². The number of aliphatic hydroxyl groups is 1. The molecular weight excluding hydrogens is 494 g/mol. The van der Waals surface area contributed by atoms with Gasteiger partial charge in [0.15, 0.2) is 5.78 Å². The minimum absolute atomic E-state index is 0.0276. The molecule has 1 aromatic carbocycles. The number of carbonyl (C=O) groups excluding carboxylic acids is 1. The quantitative estimate of drug-likeness (QED) is 0.341. The lowest BCUT2D eigenvalue weighted by Crippen LogP contribution is -2.56. The maximum absolute atomic E-state index is 13.2. The van der Waals surface area contributed by atoms with Gasteiger partial charge in [0.25, 0.3) is 0 Å². The molecule has 3 fully saturated rings. The Bertz CT molecular complexity index is 1330. The molecule has 1 saturated heterocycles. The van der Waals surface area contributed by atoms with Crippen molar-refractivity contribution in [2.45, 2.75) is 82.8 Å². The van der Waals surface area contributed by atoms with Crippen LogP contribution in [0, 0.1) is 22.7 Å². The molecule has 0 bridgehead atoms. The van der Waals surface area contributed by atoms with Crippen LogP contribution in [0.15, 0.2) is 59.1 Å². The number of nitrogens with zero attached hydrogens (tertiary/aromatic N) is 1. The molecule has 7 rings (SSSR count). The number of hydrogen-bond donors (Lipinski definition) is 1. The standard InChI is InChI=1S/C32H37NO4S/c1-29(2)17-31(37-36-19-29)12-11-25-27-22(10-13-32(25,35)18-31)24-8-9-26(34)30(24,3)16-23(27)20-4-6-21(7-5-20)28-33-14-15-38-28/h4-9,14-15,22-24,35H,10-13,16-19H2,1-3H3/t22-,23+,24+,30-,31?,32+/m0/s1. The summed E-state index contributed by atoms with van der Waals surface area (Å²) in [5, 5.41) is 15.3. The van der Waals surface area contributed by atoms with E-state index in [0.29, 0.717) is 19.4 Å². The Hall–Kier alpha value is -2.12. The zero-order chi connectivity index (χ0) is 26.3. The highest BCUT2D eigenvalue weighted by Gasteiger charge is 2.60. The van der Waals surface area contributed by atoms with Crippen LogP contribution in [0.4, 0.5) is 0 Å². The molecule has 1 aliphatic heterocycles. The van der Waals surface area contributed by atoms with Gasteiger partial charge >= 0.3 is 0 Å². The molecule has 1 N–H and O–H groups in total. The van der Waals surface area contributed by atoms with Crippen LogP contribution in [0.3, 0.4) is 0 Å². The number of aromatic nitrogens is 1. The molecule has 5 nitrogen and oxygen atoms in total. The fourth-order valence-corrected chi connectivity index (χ4v) is 9.34. The Labute approximate surface area is 228 Å². The largest absolute Gasteiger partial charge is 0.385 e. The van der Waals surface area contributed by atoms with E-state index in [1.54, 1.807) is 11.3 Å². The van der Waals surface area contributed by atoms with Crippen molar-refractivity contribution in [3.63, 3.8) is 0 Å². The first kappa shape index (κ1) is 24.9. The molecule has 2 saturated carbocycles. The third-order valence-electron chi connectivity index (χ3n) is 10.3. The number of carbonyl (C=O) groups is 1. The Morgan fingerprint density at radius 1 is 1.11 bits per heavy atom. The SMILES string of the molecule is CC1(C)COOC2(CCC3=C4[C@@H](CC[C@@]3(O)C2)[C@H]2C=CC(=O)[C@@]2(C)C[C@@H]4c2ccc(-c3nccs3)cc2)C1. The van der Waals surface area contributed by atoms with Gasteiger partial charge < -0.3 is 5.11 Å². The zero-order valence-corrected chi connectivity index (χ0v) is 23.4. The minimum Gasteiger partial charge on any atom is -0.385 e. The Balaban J connectivity index is 1.31. The predicted octanol–water partition coefficient (Wildman–Crippen LogP) is 6.80. The van der Waals surface area contributed by atoms with Gasteiger partial charge in [0.1, 0.15) is 10.6 Å². The monoisotopic (exact) mass is 531 g/mol. The summed E-state index contributed by atoms with van der Waals surface area (Å²) in [6.07, 6.45) is 11.4. The number of hydrogen-bond acceptors (Lipinski definition) is 6. The molecule has 1 spiro atoms. The van der Waals surface area contributed by atoms with Gasteiger partial charge in [-0.2, -0.15) is 0 Å². The van der Waals surface area contributed by atoms with Crippen molar-refractivity contribution < 1.29 is 19.7 Å². The summed E-state index contributed by atoms with van der Waals surface area (Å²) in [4.78, 5) is 29.3. The third kappa shape index (κ3) is 3.75. The summed E-state index contributed by atoms with van der Waals surface area (Å²) in [6.45, 7) is 7.21. The van der Waals surface area contributed by atoms with Gasteiger partial charge in [0.05, 0.1) is 12.2 Å². The van der Waals surface area contributed by atoms with Crippen molar-refractivity contribution in [3.8, 4) is 10.6 Å². The molecule has 38 heavy (non-hydrogen) atoms. The fourth-order valence-electron chi connectivity index (χ4n) is 8.70. The van der Waals surface area contributed by atoms with Crippen molar-refractivity contribution >= 4 is 17.1 Å². The van der Waals surface area contributed by atoms with E-state index < -0.39 is 11.2 Å². The lowest BCUT2D eigenvalue weighted by atomic mass is 9.50. The first-order valence-electron chi connectivity index (χ1n) is 14.1. The maximum atomic E-state index is 13.2. The second-order valence-corrected chi connectivity index (χ2v) is 14.4. The number of fused-ring (bicyclic) bond motifs is 4. The van der Waals surface area contributed by atoms with Gasteiger partial charge in [0.2, 0.25) is 0 Å². The van der Waals surface area contributed by atoms with Crippen LogP contribution in [0.5, 0.6) is 0 Å². The summed E-state index contributed by atoms with van der Waals surface area (Å²) in [7, 11) is 0. The number of allylic oxidation sites excluding steroid dienone is 3. The molecule has 0 amide bonds. The van der Waals surface area contributed by atoms with Gasteiger partial charge in [0, 0.05) is 34.9 Å². The highest BCUT2D eigenvalue weighted by atomic mass is 32.1. The van der Waals surface area contributed by atoms with Crippen molar-refractivity contribution in [1.29, 1.82) is 0 Å². The van der Waals surface area contributed by atoms with Gasteiger partial charge in [-0.1, -0.05) is 56.7 Å². The van der Waals surface area contributed by atoms with E-state index >= 15 is 0 Å². The molecular formula is C32H37NO4S. The van der Waals surface area contributed by atoms with Crippen LogP contribution in [0.25, 0.3) is 10.6 Å². The molecule has 1 aromatic heterocycles.